The predicted molar refractivity (Wildman–Crippen MR) is 119 cm³/mol. The van der Waals surface area contributed by atoms with E-state index in [1.807, 2.05) is 19.1 Å². The molecule has 2 unspecified atom stereocenters. The summed E-state index contributed by atoms with van der Waals surface area (Å²) in [5, 5.41) is 6.08. The lowest BCUT2D eigenvalue weighted by molar-refractivity contribution is 0.381. The van der Waals surface area contributed by atoms with Gasteiger partial charge >= 0.3 is 5.76 Å². The Morgan fingerprint density at radius 1 is 1.12 bits per heavy atom. The van der Waals surface area contributed by atoms with Crippen LogP contribution in [0.3, 0.4) is 0 Å². The standard InChI is InChI=1S/C22H23N3O6S2/c1-13(17-6-2-4-14-5-3-7-18(14)17)20(21-23-24-22(26)31-21)25-33(29,30)16-9-8-15-10-11-32(27,28)19(15)12-16/h2,4,6,8-9,12-13,20,25H,3,5,7,10-11H2,1H3,(H,24,26). The first kappa shape index (κ1) is 22.1. The fourth-order valence-corrected chi connectivity index (χ4v) is 7.74. The molecule has 0 bridgehead atoms. The molecule has 11 heteroatoms. The highest BCUT2D eigenvalue weighted by molar-refractivity contribution is 7.92. The van der Waals surface area contributed by atoms with E-state index in [4.69, 9.17) is 4.42 Å². The third kappa shape index (κ3) is 3.94. The van der Waals surface area contributed by atoms with Crippen LogP contribution in [0, 0.1) is 0 Å². The molecule has 0 saturated carbocycles. The average Bonchev–Trinajstić information content (AvgIpc) is 3.50. The summed E-state index contributed by atoms with van der Waals surface area (Å²) in [5.41, 5.74) is 3.97. The van der Waals surface area contributed by atoms with Crippen LogP contribution in [0.2, 0.25) is 0 Å². The Balaban J connectivity index is 1.55. The van der Waals surface area contributed by atoms with Gasteiger partial charge in [-0.1, -0.05) is 31.2 Å². The predicted octanol–water partition coefficient (Wildman–Crippen LogP) is 2.00. The van der Waals surface area contributed by atoms with Crippen molar-refractivity contribution in [3.63, 3.8) is 0 Å². The Labute approximate surface area is 191 Å². The number of aryl methyl sites for hydroxylation is 2. The number of aromatic nitrogens is 2. The first-order chi connectivity index (χ1) is 15.7. The van der Waals surface area contributed by atoms with Crippen molar-refractivity contribution in [2.45, 2.75) is 54.4 Å². The second-order valence-corrected chi connectivity index (χ2v) is 12.3. The lowest BCUT2D eigenvalue weighted by Crippen LogP contribution is -2.32. The summed E-state index contributed by atoms with van der Waals surface area (Å²) in [6, 6.07) is 9.10. The molecule has 5 rings (SSSR count). The minimum Gasteiger partial charge on any atom is -0.391 e. The highest BCUT2D eigenvalue weighted by atomic mass is 32.2. The third-order valence-corrected chi connectivity index (χ3v) is 9.73. The number of aromatic amines is 1. The lowest BCUT2D eigenvalue weighted by atomic mass is 9.88. The summed E-state index contributed by atoms with van der Waals surface area (Å²) in [7, 11) is -7.67. The van der Waals surface area contributed by atoms with Crippen LogP contribution in [0.25, 0.3) is 0 Å². The Bertz CT molecular complexity index is 1500. The van der Waals surface area contributed by atoms with E-state index in [0.29, 0.717) is 12.0 Å². The van der Waals surface area contributed by atoms with Crippen LogP contribution in [0.15, 0.2) is 55.4 Å². The third-order valence-electron chi connectivity index (χ3n) is 6.50. The van der Waals surface area contributed by atoms with Gasteiger partial charge in [-0.05, 0) is 60.1 Å². The van der Waals surface area contributed by atoms with E-state index in [1.54, 1.807) is 0 Å². The zero-order chi connectivity index (χ0) is 23.4. The van der Waals surface area contributed by atoms with Crippen molar-refractivity contribution in [1.82, 2.24) is 14.9 Å². The average molecular weight is 490 g/mol. The van der Waals surface area contributed by atoms with E-state index in [2.05, 4.69) is 21.0 Å². The van der Waals surface area contributed by atoms with Crippen LogP contribution in [-0.2, 0) is 39.1 Å². The van der Waals surface area contributed by atoms with Gasteiger partial charge in [0.25, 0.3) is 0 Å². The molecule has 0 radical (unpaired) electrons. The van der Waals surface area contributed by atoms with Crippen LogP contribution < -0.4 is 10.5 Å². The molecule has 0 spiro atoms. The molecule has 1 aliphatic carbocycles. The maximum Gasteiger partial charge on any atom is 0.434 e. The maximum absolute atomic E-state index is 13.3. The zero-order valence-electron chi connectivity index (χ0n) is 17.9. The van der Waals surface area contributed by atoms with Crippen molar-refractivity contribution in [2.75, 3.05) is 5.75 Å². The SMILES string of the molecule is CC(c1cccc2c1CCC2)C(NS(=O)(=O)c1ccc2c(c1)S(=O)(=O)CC2)c1n[nH]c(=O)o1. The van der Waals surface area contributed by atoms with Crippen molar-refractivity contribution in [2.24, 2.45) is 0 Å². The molecule has 3 aromatic rings. The monoisotopic (exact) mass is 489 g/mol. The van der Waals surface area contributed by atoms with Crippen LogP contribution in [0.4, 0.5) is 0 Å². The largest absolute Gasteiger partial charge is 0.434 e. The number of hydrogen-bond acceptors (Lipinski definition) is 7. The van der Waals surface area contributed by atoms with Gasteiger partial charge in [-0.25, -0.2) is 26.7 Å². The number of rotatable bonds is 6. The molecule has 33 heavy (non-hydrogen) atoms. The van der Waals surface area contributed by atoms with Gasteiger partial charge in [-0.2, -0.15) is 4.72 Å². The molecular formula is C22H23N3O6S2. The topological polar surface area (TPSA) is 139 Å². The molecule has 1 aliphatic heterocycles. The van der Waals surface area contributed by atoms with Gasteiger partial charge in [0.05, 0.1) is 15.5 Å². The molecule has 1 aromatic heterocycles. The van der Waals surface area contributed by atoms with Crippen LogP contribution in [0.5, 0.6) is 0 Å². The van der Waals surface area contributed by atoms with Gasteiger partial charge in [0, 0.05) is 5.92 Å². The lowest BCUT2D eigenvalue weighted by Gasteiger charge is -2.24. The van der Waals surface area contributed by atoms with Crippen LogP contribution in [0.1, 0.15) is 53.4 Å². The van der Waals surface area contributed by atoms with Gasteiger partial charge in [0.15, 0.2) is 9.84 Å². The van der Waals surface area contributed by atoms with Gasteiger partial charge < -0.3 is 4.42 Å². The van der Waals surface area contributed by atoms with Crippen molar-refractivity contribution in [1.29, 1.82) is 0 Å². The van der Waals surface area contributed by atoms with Crippen molar-refractivity contribution in [3.05, 3.63) is 75.1 Å². The highest BCUT2D eigenvalue weighted by Gasteiger charge is 2.34. The number of fused-ring (bicyclic) bond motifs is 2. The minimum atomic E-state index is -4.17. The van der Waals surface area contributed by atoms with Gasteiger partial charge in [0.2, 0.25) is 15.9 Å². The molecule has 174 valence electrons. The first-order valence-corrected chi connectivity index (χ1v) is 13.8. The van der Waals surface area contributed by atoms with Crippen molar-refractivity contribution < 1.29 is 21.3 Å². The maximum atomic E-state index is 13.3. The number of H-pyrrole nitrogens is 1. The second kappa shape index (κ2) is 7.93. The Morgan fingerprint density at radius 3 is 2.70 bits per heavy atom. The summed E-state index contributed by atoms with van der Waals surface area (Å²) in [5.74, 6) is -1.31. The van der Waals surface area contributed by atoms with E-state index in [-0.39, 0.29) is 21.4 Å². The fourth-order valence-electron chi connectivity index (χ4n) is 4.78. The normalized spacial score (nSPS) is 18.6. The van der Waals surface area contributed by atoms with E-state index in [0.717, 1.165) is 24.8 Å². The minimum absolute atomic E-state index is 0.0313. The van der Waals surface area contributed by atoms with E-state index < -0.39 is 37.6 Å². The number of hydrogen-bond donors (Lipinski definition) is 2. The highest BCUT2D eigenvalue weighted by Crippen LogP contribution is 2.37. The van der Waals surface area contributed by atoms with Crippen molar-refractivity contribution in [3.8, 4) is 0 Å². The fraction of sp³-hybridized carbons (Fsp3) is 0.364. The molecule has 9 nitrogen and oxygen atoms in total. The number of sulfone groups is 1. The van der Waals surface area contributed by atoms with Gasteiger partial charge in [0.1, 0.15) is 6.04 Å². The van der Waals surface area contributed by atoms with E-state index in [9.17, 15) is 21.6 Å². The Morgan fingerprint density at radius 2 is 1.94 bits per heavy atom. The van der Waals surface area contributed by atoms with Crippen LogP contribution in [-0.4, -0.2) is 32.8 Å². The quantitative estimate of drug-likeness (QED) is 0.540. The van der Waals surface area contributed by atoms with E-state index in [1.165, 1.54) is 29.3 Å². The number of nitrogens with zero attached hydrogens (tertiary/aromatic N) is 1. The molecule has 2 atom stereocenters. The summed E-state index contributed by atoms with van der Waals surface area (Å²) >= 11 is 0. The summed E-state index contributed by atoms with van der Waals surface area (Å²) in [6.07, 6.45) is 3.25. The molecule has 2 N–H and O–H groups in total. The number of sulfonamides is 1. The molecule has 2 aliphatic rings. The molecule has 2 heterocycles. The van der Waals surface area contributed by atoms with Crippen molar-refractivity contribution >= 4 is 19.9 Å². The number of benzene rings is 2. The summed E-state index contributed by atoms with van der Waals surface area (Å²) < 4.78 is 59.0. The second-order valence-electron chi connectivity index (χ2n) is 8.52. The molecule has 2 aromatic carbocycles. The smallest absolute Gasteiger partial charge is 0.391 e. The van der Waals surface area contributed by atoms with Crippen LogP contribution >= 0.6 is 0 Å². The molecular weight excluding hydrogens is 466 g/mol. The van der Waals surface area contributed by atoms with Gasteiger partial charge in [-0.15, -0.1) is 5.10 Å². The summed E-state index contributed by atoms with van der Waals surface area (Å²) in [4.78, 5) is 11.5. The van der Waals surface area contributed by atoms with E-state index >= 15 is 0 Å². The zero-order valence-corrected chi connectivity index (χ0v) is 19.5. The Hall–Kier alpha value is -2.76. The van der Waals surface area contributed by atoms with Gasteiger partial charge in [-0.3, -0.25) is 0 Å². The molecule has 0 fully saturated rings. The Kier molecular flexibility index (Phi) is 5.30. The molecule has 0 amide bonds. The molecule has 0 saturated heterocycles. The number of nitrogens with one attached hydrogen (secondary N) is 2. The summed E-state index contributed by atoms with van der Waals surface area (Å²) in [6.45, 7) is 1.85. The first-order valence-electron chi connectivity index (χ1n) is 10.7.